The first kappa shape index (κ1) is 17.4. The maximum atomic E-state index is 12.2. The van der Waals surface area contributed by atoms with E-state index in [9.17, 15) is 13.6 Å². The largest absolute Gasteiger partial charge is 0.435 e. The van der Waals surface area contributed by atoms with Gasteiger partial charge in [-0.05, 0) is 23.1 Å². The zero-order valence-corrected chi connectivity index (χ0v) is 12.8. The zero-order chi connectivity index (χ0) is 16.2. The van der Waals surface area contributed by atoms with Crippen molar-refractivity contribution >= 4 is 5.91 Å². The molecule has 0 aliphatic heterocycles. The van der Waals surface area contributed by atoms with Crippen molar-refractivity contribution in [3.05, 3.63) is 29.8 Å². The maximum absolute atomic E-state index is 12.2. The lowest BCUT2D eigenvalue weighted by atomic mass is 9.86. The number of rotatable bonds is 5. The van der Waals surface area contributed by atoms with Gasteiger partial charge in [0.15, 0.2) is 0 Å². The molecule has 1 aromatic rings. The van der Waals surface area contributed by atoms with E-state index in [4.69, 9.17) is 5.73 Å². The minimum Gasteiger partial charge on any atom is -0.435 e. The molecule has 0 aliphatic rings. The third kappa shape index (κ3) is 5.30. The van der Waals surface area contributed by atoms with Crippen LogP contribution in [-0.2, 0) is 11.3 Å². The number of likely N-dealkylation sites (N-methyl/N-ethyl adjacent to an activating group) is 1. The van der Waals surface area contributed by atoms with Gasteiger partial charge >= 0.3 is 6.61 Å². The van der Waals surface area contributed by atoms with Crippen molar-refractivity contribution in [2.24, 2.45) is 11.1 Å². The van der Waals surface area contributed by atoms with E-state index in [1.165, 1.54) is 17.0 Å². The highest BCUT2D eigenvalue weighted by Crippen LogP contribution is 2.20. The molecule has 118 valence electrons. The monoisotopic (exact) mass is 300 g/mol. The first-order valence-corrected chi connectivity index (χ1v) is 6.65. The second-order valence-corrected chi connectivity index (χ2v) is 6.06. The van der Waals surface area contributed by atoms with Crippen LogP contribution in [0, 0.1) is 5.41 Å². The van der Waals surface area contributed by atoms with Gasteiger partial charge in [0.25, 0.3) is 0 Å². The summed E-state index contributed by atoms with van der Waals surface area (Å²) in [5.41, 5.74) is 6.43. The molecule has 2 N–H and O–H groups in total. The highest BCUT2D eigenvalue weighted by Gasteiger charge is 2.29. The standard InChI is InChI=1S/C15H22F2N2O2/c1-15(2,3)12(18)13(20)19(4)9-10-5-7-11(8-6-10)21-14(16)17/h5-8,12,14H,9,18H2,1-4H3/t12-/m1/s1. The molecule has 6 heteroatoms. The molecule has 0 fully saturated rings. The van der Waals surface area contributed by atoms with Gasteiger partial charge in [-0.15, -0.1) is 0 Å². The second kappa shape index (κ2) is 6.85. The molecule has 0 aliphatic carbocycles. The van der Waals surface area contributed by atoms with Gasteiger partial charge in [0.1, 0.15) is 5.75 Å². The summed E-state index contributed by atoms with van der Waals surface area (Å²) in [6.45, 7) is 3.22. The van der Waals surface area contributed by atoms with E-state index in [2.05, 4.69) is 4.74 Å². The average Bonchev–Trinajstić information content (AvgIpc) is 2.37. The molecule has 0 saturated heterocycles. The Morgan fingerprint density at radius 1 is 1.29 bits per heavy atom. The van der Waals surface area contributed by atoms with Gasteiger partial charge in [-0.2, -0.15) is 8.78 Å². The van der Waals surface area contributed by atoms with E-state index < -0.39 is 12.7 Å². The number of hydrogen-bond acceptors (Lipinski definition) is 3. The molecule has 0 radical (unpaired) electrons. The van der Waals surface area contributed by atoms with Gasteiger partial charge < -0.3 is 15.4 Å². The molecule has 0 heterocycles. The minimum atomic E-state index is -2.84. The molecular formula is C15H22F2N2O2. The summed E-state index contributed by atoms with van der Waals surface area (Å²) in [5.74, 6) is -0.0653. The third-order valence-electron chi connectivity index (χ3n) is 3.14. The molecule has 0 unspecified atom stereocenters. The first-order chi connectivity index (χ1) is 9.61. The number of hydrogen-bond donors (Lipinski definition) is 1. The molecular weight excluding hydrogens is 278 g/mol. The summed E-state index contributed by atoms with van der Waals surface area (Å²) in [6.07, 6.45) is 0. The van der Waals surface area contributed by atoms with Crippen molar-refractivity contribution in [1.82, 2.24) is 4.90 Å². The van der Waals surface area contributed by atoms with Gasteiger partial charge in [0.05, 0.1) is 6.04 Å². The first-order valence-electron chi connectivity index (χ1n) is 6.65. The summed E-state index contributed by atoms with van der Waals surface area (Å²) in [5, 5.41) is 0. The van der Waals surface area contributed by atoms with Crippen molar-refractivity contribution in [3.8, 4) is 5.75 Å². The van der Waals surface area contributed by atoms with Crippen LogP contribution in [0.5, 0.6) is 5.75 Å². The zero-order valence-electron chi connectivity index (χ0n) is 12.8. The fourth-order valence-corrected chi connectivity index (χ4v) is 1.74. The van der Waals surface area contributed by atoms with Crippen molar-refractivity contribution in [2.45, 2.75) is 40.0 Å². The van der Waals surface area contributed by atoms with E-state index in [0.29, 0.717) is 6.54 Å². The quantitative estimate of drug-likeness (QED) is 0.909. The summed E-state index contributed by atoms with van der Waals surface area (Å²) in [7, 11) is 1.66. The van der Waals surface area contributed by atoms with Gasteiger partial charge in [0.2, 0.25) is 5.91 Å². The Labute approximate surface area is 123 Å². The molecule has 0 bridgehead atoms. The number of amides is 1. The van der Waals surface area contributed by atoms with E-state index in [0.717, 1.165) is 5.56 Å². The SMILES string of the molecule is CN(Cc1ccc(OC(F)F)cc1)C(=O)[C@@H](N)C(C)(C)C. The van der Waals surface area contributed by atoms with E-state index >= 15 is 0 Å². The third-order valence-corrected chi connectivity index (χ3v) is 3.14. The topological polar surface area (TPSA) is 55.6 Å². The summed E-state index contributed by atoms with van der Waals surface area (Å²) < 4.78 is 28.4. The van der Waals surface area contributed by atoms with Gasteiger partial charge in [-0.25, -0.2) is 0 Å². The van der Waals surface area contributed by atoms with Gasteiger partial charge in [-0.1, -0.05) is 32.9 Å². The van der Waals surface area contributed by atoms with Crippen LogP contribution in [0.1, 0.15) is 26.3 Å². The molecule has 1 rings (SSSR count). The van der Waals surface area contributed by atoms with Crippen LogP contribution in [-0.4, -0.2) is 30.5 Å². The van der Waals surface area contributed by atoms with E-state index in [1.54, 1.807) is 19.2 Å². The maximum Gasteiger partial charge on any atom is 0.387 e. The molecule has 4 nitrogen and oxygen atoms in total. The molecule has 0 saturated carbocycles. The lowest BCUT2D eigenvalue weighted by Crippen LogP contribution is -2.48. The second-order valence-electron chi connectivity index (χ2n) is 6.06. The highest BCUT2D eigenvalue weighted by molar-refractivity contribution is 5.82. The molecule has 0 aromatic heterocycles. The fraction of sp³-hybridized carbons (Fsp3) is 0.533. The Morgan fingerprint density at radius 2 is 1.81 bits per heavy atom. The average molecular weight is 300 g/mol. The Kier molecular flexibility index (Phi) is 5.66. The number of nitrogens with two attached hydrogens (primary N) is 1. The fourth-order valence-electron chi connectivity index (χ4n) is 1.74. The highest BCUT2D eigenvalue weighted by atomic mass is 19.3. The van der Waals surface area contributed by atoms with E-state index in [-0.39, 0.29) is 17.1 Å². The number of carbonyl (C=O) groups excluding carboxylic acids is 1. The number of nitrogens with zero attached hydrogens (tertiary/aromatic N) is 1. The number of benzene rings is 1. The Balaban J connectivity index is 2.66. The number of alkyl halides is 2. The van der Waals surface area contributed by atoms with Crippen molar-refractivity contribution < 1.29 is 18.3 Å². The van der Waals surface area contributed by atoms with Crippen molar-refractivity contribution in [2.75, 3.05) is 7.05 Å². The Morgan fingerprint density at radius 3 is 2.24 bits per heavy atom. The van der Waals surface area contributed by atoms with Crippen LogP contribution in [0.2, 0.25) is 0 Å². The molecule has 0 spiro atoms. The predicted molar refractivity (Wildman–Crippen MR) is 77.0 cm³/mol. The van der Waals surface area contributed by atoms with Crippen molar-refractivity contribution in [3.63, 3.8) is 0 Å². The molecule has 1 atom stereocenters. The van der Waals surface area contributed by atoms with E-state index in [1.807, 2.05) is 20.8 Å². The summed E-state index contributed by atoms with van der Waals surface area (Å²) >= 11 is 0. The Hall–Kier alpha value is -1.69. The lowest BCUT2D eigenvalue weighted by molar-refractivity contribution is -0.134. The van der Waals surface area contributed by atoms with Gasteiger partial charge in [-0.3, -0.25) is 4.79 Å². The normalized spacial score (nSPS) is 13.1. The Bertz CT molecular complexity index is 470. The van der Waals surface area contributed by atoms with Crippen molar-refractivity contribution in [1.29, 1.82) is 0 Å². The van der Waals surface area contributed by atoms with Crippen LogP contribution in [0.4, 0.5) is 8.78 Å². The summed E-state index contributed by atoms with van der Waals surface area (Å²) in [6, 6.07) is 5.59. The molecule has 21 heavy (non-hydrogen) atoms. The van der Waals surface area contributed by atoms with Crippen LogP contribution in [0.3, 0.4) is 0 Å². The van der Waals surface area contributed by atoms with Crippen LogP contribution in [0.25, 0.3) is 0 Å². The number of halogens is 2. The predicted octanol–water partition coefficient (Wildman–Crippen LogP) is 2.62. The summed E-state index contributed by atoms with van der Waals surface area (Å²) in [4.78, 5) is 13.7. The van der Waals surface area contributed by atoms with Crippen LogP contribution >= 0.6 is 0 Å². The lowest BCUT2D eigenvalue weighted by Gasteiger charge is -2.30. The minimum absolute atomic E-state index is 0.0918. The number of carbonyl (C=O) groups is 1. The number of ether oxygens (including phenoxy) is 1. The van der Waals surface area contributed by atoms with Crippen LogP contribution < -0.4 is 10.5 Å². The molecule has 1 aromatic carbocycles. The van der Waals surface area contributed by atoms with Gasteiger partial charge in [0, 0.05) is 13.6 Å². The smallest absolute Gasteiger partial charge is 0.387 e. The molecule has 1 amide bonds. The van der Waals surface area contributed by atoms with Crippen LogP contribution in [0.15, 0.2) is 24.3 Å².